The average Bonchev–Trinajstić information content (AvgIpc) is 3.47. The van der Waals surface area contributed by atoms with Gasteiger partial charge in [-0.3, -0.25) is 4.79 Å². The highest BCUT2D eigenvalue weighted by molar-refractivity contribution is 7.89. The maximum absolute atomic E-state index is 14.2. The number of carbonyl (C=O) groups excluding carboxylic acids is 1. The van der Waals surface area contributed by atoms with Crippen LogP contribution in [0.3, 0.4) is 0 Å². The third kappa shape index (κ3) is 4.22. The molecule has 6 saturated carbocycles. The van der Waals surface area contributed by atoms with Crippen molar-refractivity contribution >= 4 is 22.0 Å². The molecule has 1 saturated heterocycles. The summed E-state index contributed by atoms with van der Waals surface area (Å²) in [6.45, 7) is 5.50. The van der Waals surface area contributed by atoms with Gasteiger partial charge in [0.2, 0.25) is 15.9 Å². The van der Waals surface area contributed by atoms with Gasteiger partial charge in [0.25, 0.3) is 0 Å². The van der Waals surface area contributed by atoms with E-state index >= 15 is 0 Å². The lowest BCUT2D eigenvalue weighted by atomic mass is 9.49. The zero-order chi connectivity index (χ0) is 29.9. The van der Waals surface area contributed by atoms with E-state index in [0.717, 1.165) is 37.0 Å². The molecule has 9 rings (SSSR count). The Bertz CT molecular complexity index is 1420. The highest BCUT2D eigenvalue weighted by Gasteiger charge is 2.72. The molecule has 1 aromatic rings. The lowest BCUT2D eigenvalue weighted by Gasteiger charge is -2.56. The lowest BCUT2D eigenvalue weighted by Crippen LogP contribution is -2.60. The molecule has 8 aliphatic rings. The molecule has 0 unspecified atom stereocenters. The van der Waals surface area contributed by atoms with Crippen molar-refractivity contribution in [2.24, 2.45) is 39.9 Å². The molecule has 1 heterocycles. The molecule has 0 aromatic heterocycles. The summed E-state index contributed by atoms with van der Waals surface area (Å²) in [5, 5.41) is 15.6. The van der Waals surface area contributed by atoms with Gasteiger partial charge >= 0.3 is 0 Å². The molecule has 3 atom stereocenters. The molecule has 1 spiro atoms. The number of nitrogens with zero attached hydrogens (tertiary/aromatic N) is 1. The van der Waals surface area contributed by atoms with Gasteiger partial charge in [0.15, 0.2) is 0 Å². The van der Waals surface area contributed by atoms with E-state index in [1.165, 1.54) is 49.7 Å². The summed E-state index contributed by atoms with van der Waals surface area (Å²) in [6, 6.07) is 8.48. The van der Waals surface area contributed by atoms with Gasteiger partial charge in [-0.25, -0.2) is 12.7 Å². The van der Waals surface area contributed by atoms with Crippen molar-refractivity contribution in [3.05, 3.63) is 41.5 Å². The first-order valence-corrected chi connectivity index (χ1v) is 18.7. The molecule has 1 aliphatic heterocycles. The maximum atomic E-state index is 14.2. The molecule has 43 heavy (non-hydrogen) atoms. The van der Waals surface area contributed by atoms with Crippen LogP contribution in [0.1, 0.15) is 102 Å². The molecule has 234 valence electrons. The summed E-state index contributed by atoms with van der Waals surface area (Å²) >= 11 is 0. The van der Waals surface area contributed by atoms with Crippen LogP contribution in [-0.2, 0) is 20.2 Å². The van der Waals surface area contributed by atoms with Crippen LogP contribution < -0.4 is 5.32 Å². The van der Waals surface area contributed by atoms with Gasteiger partial charge < -0.3 is 10.4 Å². The zero-order valence-electron chi connectivity index (χ0n) is 26.1. The topological polar surface area (TPSA) is 86.7 Å². The number of hydrogen-bond acceptors (Lipinski definition) is 4. The van der Waals surface area contributed by atoms with Crippen molar-refractivity contribution in [3.8, 4) is 0 Å². The second kappa shape index (κ2) is 9.42. The van der Waals surface area contributed by atoms with E-state index in [2.05, 4.69) is 55.6 Å². The molecule has 6 bridgehead atoms. The van der Waals surface area contributed by atoms with Gasteiger partial charge in [-0.05, 0) is 116 Å². The average molecular weight is 607 g/mol. The monoisotopic (exact) mass is 606 g/mol. The Morgan fingerprint density at radius 1 is 0.977 bits per heavy atom. The van der Waals surface area contributed by atoms with Crippen LogP contribution in [0, 0.1) is 39.9 Å². The molecule has 7 heteroatoms. The second-order valence-electron chi connectivity index (χ2n) is 16.9. The van der Waals surface area contributed by atoms with Crippen LogP contribution in [0.5, 0.6) is 0 Å². The number of allylic oxidation sites excluding steroid dienone is 1. The van der Waals surface area contributed by atoms with Gasteiger partial charge in [-0.15, -0.1) is 0 Å². The fraction of sp³-hybridized carbons (Fsp3) is 0.750. The molecule has 0 radical (unpaired) electrons. The number of carbonyl (C=O) groups is 1. The predicted octanol–water partition coefficient (Wildman–Crippen LogP) is 5.66. The van der Waals surface area contributed by atoms with E-state index in [0.29, 0.717) is 32.4 Å². The lowest BCUT2D eigenvalue weighted by molar-refractivity contribution is -0.133. The van der Waals surface area contributed by atoms with Crippen LogP contribution in [0.4, 0.5) is 0 Å². The Balaban J connectivity index is 0.970. The number of sulfonamides is 1. The number of hydrogen-bond donors (Lipinski definition) is 2. The van der Waals surface area contributed by atoms with Crippen molar-refractivity contribution in [2.75, 3.05) is 25.4 Å². The Hall–Kier alpha value is -1.70. The van der Waals surface area contributed by atoms with Crippen molar-refractivity contribution < 1.29 is 18.3 Å². The van der Waals surface area contributed by atoms with Crippen LogP contribution in [-0.4, -0.2) is 54.7 Å². The minimum Gasteiger partial charge on any atom is -0.387 e. The first kappa shape index (κ1) is 28.8. The number of rotatable bonds is 7. The number of fused-ring (bicyclic) bond motifs is 4. The SMILES string of the molecule is CC1(C)[C@@H]2CC[C@@]1(CS(=O)(=O)N1CCC3(C=Cc4ccccc43)CC1)[C@](O)(CNC(=O)CC13CC4CC(CC(C4)C1)C3)C2. The van der Waals surface area contributed by atoms with Crippen LogP contribution in [0.25, 0.3) is 6.08 Å². The van der Waals surface area contributed by atoms with Gasteiger partial charge in [-0.1, -0.05) is 50.3 Å². The van der Waals surface area contributed by atoms with Crippen molar-refractivity contribution in [1.29, 1.82) is 0 Å². The summed E-state index contributed by atoms with van der Waals surface area (Å²) in [5.41, 5.74) is 0.340. The van der Waals surface area contributed by atoms with Gasteiger partial charge in [0.05, 0.1) is 11.4 Å². The Morgan fingerprint density at radius 2 is 1.63 bits per heavy atom. The van der Waals surface area contributed by atoms with Gasteiger partial charge in [0, 0.05) is 36.9 Å². The highest BCUT2D eigenvalue weighted by atomic mass is 32.2. The first-order valence-electron chi connectivity index (χ1n) is 17.1. The van der Waals surface area contributed by atoms with Crippen molar-refractivity contribution in [2.45, 2.75) is 102 Å². The van der Waals surface area contributed by atoms with E-state index < -0.39 is 21.0 Å². The van der Waals surface area contributed by atoms with E-state index in [4.69, 9.17) is 0 Å². The summed E-state index contributed by atoms with van der Waals surface area (Å²) in [7, 11) is -3.61. The first-order chi connectivity index (χ1) is 20.4. The predicted molar refractivity (Wildman–Crippen MR) is 168 cm³/mol. The Morgan fingerprint density at radius 3 is 2.28 bits per heavy atom. The molecular formula is C36H50N2O4S. The van der Waals surface area contributed by atoms with Crippen molar-refractivity contribution in [3.63, 3.8) is 0 Å². The minimum atomic E-state index is -3.61. The van der Waals surface area contributed by atoms with Crippen LogP contribution >= 0.6 is 0 Å². The molecule has 2 N–H and O–H groups in total. The summed E-state index contributed by atoms with van der Waals surface area (Å²) < 4.78 is 30.1. The fourth-order valence-corrected chi connectivity index (χ4v) is 14.8. The standard InChI is InChI=1S/C36H50N2O4S/c1-32(2)29-8-10-35(32,24-43(41,42)38-13-11-34(12-14-38)9-7-28-5-3-4-6-30(28)34)36(40,21-29)23-37-31(39)22-33-18-25-15-26(19-33)17-27(16-25)20-33/h3-7,9,25-27,29,40H,8,10-24H2,1-2H3,(H,37,39)/t25?,26?,27?,29-,33?,35+,36-/m1/s1. The number of benzene rings is 1. The number of piperidine rings is 1. The number of nitrogens with one attached hydrogen (secondary N) is 1. The minimum absolute atomic E-state index is 0.0374. The van der Waals surface area contributed by atoms with E-state index in [-0.39, 0.29) is 40.4 Å². The Kier molecular flexibility index (Phi) is 6.30. The smallest absolute Gasteiger partial charge is 0.220 e. The molecule has 6 nitrogen and oxygen atoms in total. The second-order valence-corrected chi connectivity index (χ2v) is 18.8. The molecule has 1 aromatic carbocycles. The van der Waals surface area contributed by atoms with Crippen molar-refractivity contribution in [1.82, 2.24) is 9.62 Å². The number of amides is 1. The summed E-state index contributed by atoms with van der Waals surface area (Å²) in [6.07, 6.45) is 16.4. The quantitative estimate of drug-likeness (QED) is 0.420. The molecule has 7 fully saturated rings. The van der Waals surface area contributed by atoms with Gasteiger partial charge in [0.1, 0.15) is 0 Å². The zero-order valence-corrected chi connectivity index (χ0v) is 26.9. The Labute approximate surface area is 258 Å². The van der Waals surface area contributed by atoms with E-state index in [1.54, 1.807) is 4.31 Å². The molecule has 1 amide bonds. The summed E-state index contributed by atoms with van der Waals surface area (Å²) in [4.78, 5) is 13.5. The maximum Gasteiger partial charge on any atom is 0.220 e. The third-order valence-corrected chi connectivity index (χ3v) is 16.5. The third-order valence-electron chi connectivity index (χ3n) is 14.4. The van der Waals surface area contributed by atoms with Crippen LogP contribution in [0.15, 0.2) is 30.3 Å². The molecule has 7 aliphatic carbocycles. The fourth-order valence-electron chi connectivity index (χ4n) is 12.5. The van der Waals surface area contributed by atoms with E-state index in [9.17, 15) is 18.3 Å². The normalized spacial score (nSPS) is 41.7. The largest absolute Gasteiger partial charge is 0.387 e. The summed E-state index contributed by atoms with van der Waals surface area (Å²) in [5.74, 6) is 2.67. The number of aliphatic hydroxyl groups is 1. The van der Waals surface area contributed by atoms with Crippen LogP contribution in [0.2, 0.25) is 0 Å². The van der Waals surface area contributed by atoms with E-state index in [1.807, 2.05) is 0 Å². The molecular weight excluding hydrogens is 556 g/mol. The highest BCUT2D eigenvalue weighted by Crippen LogP contribution is 2.70. The van der Waals surface area contributed by atoms with Gasteiger partial charge in [-0.2, -0.15) is 0 Å².